The van der Waals surface area contributed by atoms with Gasteiger partial charge < -0.3 is 19.3 Å². The summed E-state index contributed by atoms with van der Waals surface area (Å²) in [7, 11) is 0. The van der Waals surface area contributed by atoms with Crippen molar-refractivity contribution >= 4 is 11.4 Å². The van der Waals surface area contributed by atoms with Gasteiger partial charge in [-0.3, -0.25) is 0 Å². The Morgan fingerprint density at radius 1 is 0.857 bits per heavy atom. The molecule has 6 heteroatoms. The first kappa shape index (κ1) is 20.1. The van der Waals surface area contributed by atoms with E-state index < -0.39 is 0 Å². The van der Waals surface area contributed by atoms with Gasteiger partial charge in [0.1, 0.15) is 36.1 Å². The fourth-order valence-electron chi connectivity index (χ4n) is 3.03. The number of unbranched alkanes of at least 4 members (excludes halogenated alkanes) is 3. The molecule has 3 rings (SSSR count). The molecular weight excluding hydrogens is 356 g/mol. The summed E-state index contributed by atoms with van der Waals surface area (Å²) < 4.78 is 17.1. The van der Waals surface area contributed by atoms with Gasteiger partial charge in [-0.15, -0.1) is 10.2 Å². The molecule has 6 nitrogen and oxygen atoms in total. The largest absolute Gasteiger partial charge is 0.508 e. The number of benzene rings is 2. The Bertz CT molecular complexity index is 792. The molecule has 1 aliphatic heterocycles. The van der Waals surface area contributed by atoms with Gasteiger partial charge in [0.25, 0.3) is 0 Å². The maximum atomic E-state index is 10.4. The van der Waals surface area contributed by atoms with Crippen LogP contribution < -0.4 is 9.47 Å². The van der Waals surface area contributed by atoms with Crippen molar-refractivity contribution in [1.29, 1.82) is 0 Å². The summed E-state index contributed by atoms with van der Waals surface area (Å²) in [6.07, 6.45) is 5.36. The molecule has 1 aliphatic rings. The highest BCUT2D eigenvalue weighted by atomic mass is 16.5. The second-order valence-corrected chi connectivity index (χ2v) is 6.74. The maximum Gasteiger partial charge on any atom is 0.150 e. The van der Waals surface area contributed by atoms with Gasteiger partial charge in [0.2, 0.25) is 0 Å². The molecule has 28 heavy (non-hydrogen) atoms. The lowest BCUT2D eigenvalue weighted by Crippen LogP contribution is -2.12. The highest BCUT2D eigenvalue weighted by Gasteiger charge is 2.12. The Balaban J connectivity index is 1.88. The van der Waals surface area contributed by atoms with E-state index in [1.54, 1.807) is 6.07 Å². The molecule has 0 bridgehead atoms. The van der Waals surface area contributed by atoms with Gasteiger partial charge in [0, 0.05) is 6.07 Å². The van der Waals surface area contributed by atoms with Crippen molar-refractivity contribution in [2.45, 2.75) is 39.0 Å². The molecule has 2 aromatic carbocycles. The molecule has 1 heterocycles. The van der Waals surface area contributed by atoms with Gasteiger partial charge in [0.05, 0.1) is 13.2 Å². The number of fused-ring (bicyclic) bond motifs is 2. The van der Waals surface area contributed by atoms with Gasteiger partial charge in [0.15, 0.2) is 5.75 Å². The topological polar surface area (TPSA) is 72.6 Å². The number of hydrogen-bond donors (Lipinski definition) is 1. The molecule has 0 radical (unpaired) electrons. The van der Waals surface area contributed by atoms with E-state index in [2.05, 4.69) is 17.2 Å². The van der Waals surface area contributed by atoms with E-state index in [0.29, 0.717) is 49.3 Å². The predicted octanol–water partition coefficient (Wildman–Crippen LogP) is 5.72. The van der Waals surface area contributed by atoms with Gasteiger partial charge in [-0.2, -0.15) is 0 Å². The molecule has 0 aliphatic carbocycles. The van der Waals surface area contributed by atoms with Crippen LogP contribution in [-0.2, 0) is 11.2 Å². The summed E-state index contributed by atoms with van der Waals surface area (Å²) in [6.45, 7) is 3.88. The fourth-order valence-corrected chi connectivity index (χ4v) is 3.03. The van der Waals surface area contributed by atoms with E-state index >= 15 is 0 Å². The Hall–Kier alpha value is -2.60. The molecule has 0 spiro atoms. The van der Waals surface area contributed by atoms with E-state index in [1.165, 1.54) is 12.8 Å². The molecule has 2 aromatic rings. The Morgan fingerprint density at radius 2 is 1.61 bits per heavy atom. The SMILES string of the molecule is CCCCCCc1cc2c(cc1O)OCCOCCOc1ccccc1N=N2. The summed E-state index contributed by atoms with van der Waals surface area (Å²) in [4.78, 5) is 0. The van der Waals surface area contributed by atoms with Gasteiger partial charge in [-0.05, 0) is 36.6 Å². The van der Waals surface area contributed by atoms with Crippen LogP contribution in [0, 0.1) is 0 Å². The number of phenolic OH excluding ortho intramolecular Hbond substituents is 1. The van der Waals surface area contributed by atoms with Crippen molar-refractivity contribution < 1.29 is 19.3 Å². The number of phenols is 1. The second kappa shape index (κ2) is 10.7. The lowest BCUT2D eigenvalue weighted by atomic mass is 10.0. The lowest BCUT2D eigenvalue weighted by molar-refractivity contribution is 0.0767. The first-order valence-corrected chi connectivity index (χ1v) is 9.98. The molecule has 0 unspecified atom stereocenters. The van der Waals surface area contributed by atoms with E-state index in [1.807, 2.05) is 30.3 Å². The highest BCUT2D eigenvalue weighted by Crippen LogP contribution is 2.37. The molecule has 0 saturated carbocycles. The number of para-hydroxylation sites is 1. The zero-order valence-corrected chi connectivity index (χ0v) is 16.4. The summed E-state index contributed by atoms with van der Waals surface area (Å²) >= 11 is 0. The van der Waals surface area contributed by atoms with Crippen molar-refractivity contribution in [1.82, 2.24) is 0 Å². The van der Waals surface area contributed by atoms with Crippen molar-refractivity contribution in [3.05, 3.63) is 42.0 Å². The molecule has 1 N–H and O–H groups in total. The number of ether oxygens (including phenoxy) is 3. The average Bonchev–Trinajstić information content (AvgIpc) is 2.72. The third kappa shape index (κ3) is 5.70. The smallest absolute Gasteiger partial charge is 0.150 e. The van der Waals surface area contributed by atoms with Crippen LogP contribution in [0.2, 0.25) is 0 Å². The predicted molar refractivity (Wildman–Crippen MR) is 108 cm³/mol. The van der Waals surface area contributed by atoms with Crippen LogP contribution in [0.4, 0.5) is 11.4 Å². The Morgan fingerprint density at radius 3 is 2.43 bits per heavy atom. The van der Waals surface area contributed by atoms with Crippen LogP contribution in [0.1, 0.15) is 38.2 Å². The van der Waals surface area contributed by atoms with Crippen LogP contribution in [0.5, 0.6) is 17.2 Å². The summed E-state index contributed by atoms with van der Waals surface area (Å²) in [5.74, 6) is 1.40. The van der Waals surface area contributed by atoms with E-state index in [-0.39, 0.29) is 5.75 Å². The molecule has 0 atom stereocenters. The monoisotopic (exact) mass is 384 g/mol. The summed E-state index contributed by atoms with van der Waals surface area (Å²) in [5, 5.41) is 19.2. The fraction of sp³-hybridized carbons (Fsp3) is 0.455. The molecule has 0 amide bonds. The minimum Gasteiger partial charge on any atom is -0.508 e. The lowest BCUT2D eigenvalue weighted by Gasteiger charge is -2.12. The van der Waals surface area contributed by atoms with Crippen LogP contribution in [0.25, 0.3) is 0 Å². The maximum absolute atomic E-state index is 10.4. The third-order valence-corrected chi connectivity index (χ3v) is 4.56. The number of hydrogen-bond acceptors (Lipinski definition) is 6. The average molecular weight is 384 g/mol. The van der Waals surface area contributed by atoms with Crippen LogP contribution >= 0.6 is 0 Å². The van der Waals surface area contributed by atoms with Crippen LogP contribution in [-0.4, -0.2) is 31.5 Å². The first-order chi connectivity index (χ1) is 13.8. The quantitative estimate of drug-likeness (QED) is 0.669. The minimum atomic E-state index is 0.236. The normalized spacial score (nSPS) is 14.5. The Kier molecular flexibility index (Phi) is 7.67. The molecule has 0 aromatic heterocycles. The zero-order chi connectivity index (χ0) is 19.6. The van der Waals surface area contributed by atoms with Crippen molar-refractivity contribution in [2.24, 2.45) is 10.2 Å². The summed E-state index contributed by atoms with van der Waals surface area (Å²) in [6, 6.07) is 11.0. The molecule has 0 fully saturated rings. The first-order valence-electron chi connectivity index (χ1n) is 9.98. The molecule has 150 valence electrons. The highest BCUT2D eigenvalue weighted by molar-refractivity contribution is 5.59. The van der Waals surface area contributed by atoms with Crippen molar-refractivity contribution in [3.63, 3.8) is 0 Å². The zero-order valence-electron chi connectivity index (χ0n) is 16.4. The number of aromatic hydroxyl groups is 1. The van der Waals surface area contributed by atoms with E-state index in [4.69, 9.17) is 14.2 Å². The van der Waals surface area contributed by atoms with E-state index in [9.17, 15) is 5.11 Å². The van der Waals surface area contributed by atoms with Gasteiger partial charge in [-0.25, -0.2) is 0 Å². The number of nitrogens with zero attached hydrogens (tertiary/aromatic N) is 2. The third-order valence-electron chi connectivity index (χ3n) is 4.56. The summed E-state index contributed by atoms with van der Waals surface area (Å²) in [5.41, 5.74) is 2.10. The second-order valence-electron chi connectivity index (χ2n) is 6.74. The number of aryl methyl sites for hydroxylation is 1. The standard InChI is InChI=1S/C22H28N2O4/c1-2-3-4-5-8-17-15-19-22(16-20(17)25)28-14-12-26-11-13-27-21-10-7-6-9-18(21)23-24-19/h6-7,9-10,15-16,25H,2-5,8,11-14H2,1H3. The number of azo groups is 1. The van der Waals surface area contributed by atoms with E-state index in [0.717, 1.165) is 24.8 Å². The van der Waals surface area contributed by atoms with Crippen LogP contribution in [0.15, 0.2) is 46.6 Å². The van der Waals surface area contributed by atoms with Gasteiger partial charge >= 0.3 is 0 Å². The van der Waals surface area contributed by atoms with Crippen LogP contribution in [0.3, 0.4) is 0 Å². The van der Waals surface area contributed by atoms with Crippen molar-refractivity contribution in [3.8, 4) is 17.2 Å². The minimum absolute atomic E-state index is 0.236. The number of rotatable bonds is 5. The molecular formula is C22H28N2O4. The molecule has 0 saturated heterocycles. The Labute approximate surface area is 166 Å². The van der Waals surface area contributed by atoms with Gasteiger partial charge in [-0.1, -0.05) is 38.3 Å². The van der Waals surface area contributed by atoms with Crippen molar-refractivity contribution in [2.75, 3.05) is 26.4 Å².